The number of rotatable bonds is 52. The number of amides is 2. The van der Waals surface area contributed by atoms with Gasteiger partial charge in [-0.15, -0.1) is 68.0 Å². The lowest BCUT2D eigenvalue weighted by Crippen LogP contribution is -2.35. The molecule has 574 valence electrons. The van der Waals surface area contributed by atoms with Gasteiger partial charge < -0.3 is 9.80 Å². The summed E-state index contributed by atoms with van der Waals surface area (Å²) in [5, 5.41) is 6.57. The van der Waals surface area contributed by atoms with Crippen molar-refractivity contribution in [1.82, 2.24) is 19.8 Å². The lowest BCUT2D eigenvalue weighted by atomic mass is 9.93. The fourth-order valence-electron chi connectivity index (χ4n) is 16.6. The molecule has 0 fully saturated rings. The normalized spacial score (nSPS) is 13.9. The molecule has 10 aromatic rings. The Morgan fingerprint density at radius 3 is 0.852 bits per heavy atom. The number of hydrogen-bond acceptors (Lipinski definition) is 10. The standard InChI is InChI=1S/C96H122N4O2S6/c1-5-9-13-17-21-25-27-31-35-39-49-71(47-37-33-29-23-19-15-11-7-3)69-99-91(93-97-67-87(107-93)85-65-63-83(105-85)81-61-59-79(103-81)77-57-45-53-73-51-41-43-55-75(73)77)89-90(95(99)101)92(100(96(89)102)70-72(48-38-34-30-24-20-16-12-8-4)50-40-36-32-28-26-22-18-14-10-6-2)94-98-68-88(108-94)86-66-64-84(106-86)82-62-60-80(104-82)78-58-46-54-74-52-42-44-56-76(74)78/h41-46,51-68,71-72H,5-40,47-50,69-70H2,1-4H3. The molecule has 0 bridgehead atoms. The summed E-state index contributed by atoms with van der Waals surface area (Å²) in [6.45, 7) is 10.4. The first-order valence-corrected chi connectivity index (χ1v) is 47.6. The molecule has 108 heavy (non-hydrogen) atoms. The molecule has 4 aromatic carbocycles. The maximum absolute atomic E-state index is 16.7. The van der Waals surface area contributed by atoms with Gasteiger partial charge in [-0.05, 0) is 119 Å². The lowest BCUT2D eigenvalue weighted by Gasteiger charge is -2.29. The average Bonchev–Trinajstić information content (AvgIpc) is 1.55. The number of thiophene rings is 4. The molecule has 6 aromatic heterocycles. The fourth-order valence-corrected chi connectivity index (χ4v) is 23.0. The molecule has 2 atom stereocenters. The topological polar surface area (TPSA) is 66.4 Å². The van der Waals surface area contributed by atoms with Crippen molar-refractivity contribution in [3.63, 3.8) is 0 Å². The molecular formula is C96H122N4O2S6. The molecule has 0 spiro atoms. The van der Waals surface area contributed by atoms with E-state index < -0.39 is 0 Å². The van der Waals surface area contributed by atoms with E-state index in [0.717, 1.165) is 92.3 Å². The zero-order chi connectivity index (χ0) is 74.5. The van der Waals surface area contributed by atoms with Gasteiger partial charge in [0.15, 0.2) is 0 Å². The average molecular weight is 1560 g/mol. The smallest absolute Gasteiger partial charge is 0.261 e. The van der Waals surface area contributed by atoms with Crippen LogP contribution in [0.25, 0.3) is 92.8 Å². The summed E-state index contributed by atoms with van der Waals surface area (Å²) in [5.41, 5.74) is 5.07. The molecule has 2 aliphatic heterocycles. The van der Waals surface area contributed by atoms with E-state index in [0.29, 0.717) is 36.1 Å². The highest BCUT2D eigenvalue weighted by atomic mass is 32.1. The summed E-state index contributed by atoms with van der Waals surface area (Å²) in [7, 11) is 0. The summed E-state index contributed by atoms with van der Waals surface area (Å²) in [6.07, 6.45) is 54.6. The number of carbonyl (C=O) groups excluding carboxylic acids is 2. The summed E-state index contributed by atoms with van der Waals surface area (Å²) < 4.78 is 0. The Morgan fingerprint density at radius 2 is 0.537 bits per heavy atom. The number of unbranched alkanes of at least 4 members (excludes halogenated alkanes) is 32. The zero-order valence-corrected chi connectivity index (χ0v) is 70.7. The van der Waals surface area contributed by atoms with Crippen molar-refractivity contribution in [3.8, 4) is 59.9 Å². The minimum atomic E-state index is -0.0473. The van der Waals surface area contributed by atoms with Gasteiger partial charge in [0, 0.05) is 64.5 Å². The SMILES string of the molecule is CCCCCCCCCCCCC(CCCCCCCCCC)CN1C(=O)C2=C(c3ncc(-c4ccc(-c5ccc(-c6cccc7ccccc67)s5)s4)s3)N(CC(CCCCCCCCCC)CCCCCCCCCCCC)C(=O)C2=C1c1ncc(-c2ccc(-c3ccc(-c4cccc5ccccc45)s3)s2)s1. The highest BCUT2D eigenvalue weighted by Crippen LogP contribution is 2.52. The lowest BCUT2D eigenvalue weighted by molar-refractivity contribution is -0.124. The number of nitrogens with zero attached hydrogens (tertiary/aromatic N) is 4. The summed E-state index contributed by atoms with van der Waals surface area (Å²) >= 11 is 10.6. The first-order valence-electron chi connectivity index (χ1n) is 42.7. The number of aromatic nitrogens is 2. The van der Waals surface area contributed by atoms with E-state index in [2.05, 4.69) is 171 Å². The molecule has 0 N–H and O–H groups in total. The van der Waals surface area contributed by atoms with Crippen molar-refractivity contribution in [2.75, 3.05) is 13.1 Å². The molecule has 6 nitrogen and oxygen atoms in total. The molecule has 12 rings (SSSR count). The minimum Gasteiger partial charge on any atom is -0.304 e. The van der Waals surface area contributed by atoms with Crippen LogP contribution >= 0.6 is 68.0 Å². The third-order valence-corrected chi connectivity index (χ3v) is 30.0. The predicted molar refractivity (Wildman–Crippen MR) is 475 cm³/mol. The van der Waals surface area contributed by atoms with Gasteiger partial charge in [0.25, 0.3) is 11.8 Å². The van der Waals surface area contributed by atoms with Crippen molar-refractivity contribution in [1.29, 1.82) is 0 Å². The van der Waals surface area contributed by atoms with Gasteiger partial charge in [-0.3, -0.25) is 9.59 Å². The van der Waals surface area contributed by atoms with Crippen LogP contribution in [0.5, 0.6) is 0 Å². The van der Waals surface area contributed by atoms with Crippen LogP contribution in [0, 0.1) is 11.8 Å². The van der Waals surface area contributed by atoms with Gasteiger partial charge in [-0.25, -0.2) is 9.97 Å². The van der Waals surface area contributed by atoms with E-state index in [1.165, 1.54) is 267 Å². The van der Waals surface area contributed by atoms with Crippen LogP contribution in [0.15, 0.2) is 157 Å². The van der Waals surface area contributed by atoms with E-state index in [-0.39, 0.29) is 11.8 Å². The largest absolute Gasteiger partial charge is 0.304 e. The number of carbonyl (C=O) groups is 2. The molecule has 8 heterocycles. The van der Waals surface area contributed by atoms with E-state index in [1.54, 1.807) is 45.3 Å². The molecule has 0 radical (unpaired) electrons. The van der Waals surface area contributed by atoms with E-state index in [4.69, 9.17) is 9.97 Å². The van der Waals surface area contributed by atoms with Crippen LogP contribution in [0.2, 0.25) is 0 Å². The van der Waals surface area contributed by atoms with Crippen molar-refractivity contribution in [2.45, 2.75) is 285 Å². The number of benzene rings is 4. The summed E-state index contributed by atoms with van der Waals surface area (Å²) in [6, 6.07) is 48.8. The highest BCUT2D eigenvalue weighted by molar-refractivity contribution is 7.28. The summed E-state index contributed by atoms with van der Waals surface area (Å²) in [4.78, 5) is 60.1. The molecule has 0 saturated heterocycles. The minimum absolute atomic E-state index is 0.0473. The zero-order valence-electron chi connectivity index (χ0n) is 65.8. The Balaban J connectivity index is 0.894. The molecule has 2 unspecified atom stereocenters. The van der Waals surface area contributed by atoms with Gasteiger partial charge in [0.1, 0.15) is 10.0 Å². The summed E-state index contributed by atoms with van der Waals surface area (Å²) in [5.74, 6) is 0.488. The highest BCUT2D eigenvalue weighted by Gasteiger charge is 2.51. The van der Waals surface area contributed by atoms with Crippen LogP contribution in [0.4, 0.5) is 0 Å². The van der Waals surface area contributed by atoms with Crippen molar-refractivity contribution in [3.05, 3.63) is 167 Å². The number of hydrogen-bond donors (Lipinski definition) is 0. The molecule has 0 saturated carbocycles. The Kier molecular flexibility index (Phi) is 32.9. The van der Waals surface area contributed by atoms with Gasteiger partial charge in [0.2, 0.25) is 0 Å². The fraction of sp³-hybridized carbons (Fsp3) is 0.500. The molecular weight excluding hydrogens is 1430 g/mol. The Bertz CT molecular complexity index is 4160. The second-order valence-electron chi connectivity index (χ2n) is 31.2. The van der Waals surface area contributed by atoms with Gasteiger partial charge >= 0.3 is 0 Å². The Labute approximate surface area is 673 Å². The Morgan fingerprint density at radius 1 is 0.278 bits per heavy atom. The van der Waals surface area contributed by atoms with Crippen molar-refractivity contribution in [2.24, 2.45) is 11.8 Å². The molecule has 2 amide bonds. The van der Waals surface area contributed by atoms with Crippen molar-refractivity contribution >= 4 is 113 Å². The number of thiazole rings is 2. The van der Waals surface area contributed by atoms with Crippen LogP contribution in [-0.2, 0) is 9.59 Å². The predicted octanol–water partition coefficient (Wildman–Crippen LogP) is 31.9. The van der Waals surface area contributed by atoms with Crippen LogP contribution in [0.1, 0.15) is 295 Å². The Hall–Kier alpha value is -6.12. The van der Waals surface area contributed by atoms with Crippen LogP contribution in [0.3, 0.4) is 0 Å². The second kappa shape index (κ2) is 43.6. The van der Waals surface area contributed by atoms with E-state index in [9.17, 15) is 0 Å². The second-order valence-corrected chi connectivity index (χ2v) is 37.6. The van der Waals surface area contributed by atoms with E-state index in [1.807, 2.05) is 35.1 Å². The third-order valence-electron chi connectivity index (χ3n) is 22.8. The van der Waals surface area contributed by atoms with Crippen molar-refractivity contribution < 1.29 is 9.59 Å². The van der Waals surface area contributed by atoms with Gasteiger partial charge in [-0.1, -0.05) is 344 Å². The molecule has 0 aliphatic carbocycles. The van der Waals surface area contributed by atoms with Crippen LogP contribution < -0.4 is 0 Å². The maximum atomic E-state index is 16.7. The first-order chi connectivity index (χ1) is 53.3. The first kappa shape index (κ1) is 81.4. The van der Waals surface area contributed by atoms with Crippen LogP contribution in [-0.4, -0.2) is 44.7 Å². The molecule has 2 aliphatic rings. The maximum Gasteiger partial charge on any atom is 0.261 e. The van der Waals surface area contributed by atoms with E-state index >= 15 is 9.59 Å². The van der Waals surface area contributed by atoms with Gasteiger partial charge in [-0.2, -0.15) is 0 Å². The quantitative estimate of drug-likeness (QED) is 0.0356. The molecule has 12 heteroatoms. The monoisotopic (exact) mass is 1550 g/mol. The third kappa shape index (κ3) is 22.2. The number of fused-ring (bicyclic) bond motifs is 3. The van der Waals surface area contributed by atoms with Gasteiger partial charge in [0.05, 0.1) is 32.3 Å².